The third-order valence-corrected chi connectivity index (χ3v) is 5.22. The number of methoxy groups -OCH3 is 1. The highest BCUT2D eigenvalue weighted by Crippen LogP contribution is 2.18. The molecule has 0 bridgehead atoms. The van der Waals surface area contributed by atoms with Crippen molar-refractivity contribution < 1.29 is 14.3 Å². The highest BCUT2D eigenvalue weighted by atomic mass is 79.9. The Morgan fingerprint density at radius 2 is 1.86 bits per heavy atom. The van der Waals surface area contributed by atoms with Crippen LogP contribution in [-0.4, -0.2) is 59.5 Å². The van der Waals surface area contributed by atoms with Crippen molar-refractivity contribution in [1.82, 2.24) is 14.4 Å². The second-order valence-electron chi connectivity index (χ2n) is 6.63. The van der Waals surface area contributed by atoms with Crippen molar-refractivity contribution in [3.8, 4) is 0 Å². The normalized spacial score (nSPS) is 10.7. The van der Waals surface area contributed by atoms with Crippen LogP contribution in [0.2, 0.25) is 0 Å². The second-order valence-corrected chi connectivity index (χ2v) is 7.48. The SMILES string of the molecule is CCCN(CC(=O)N(CCOC)Cc1cccn1C)C(=O)c1ccccc1Br. The Morgan fingerprint density at radius 3 is 2.46 bits per heavy atom. The van der Waals surface area contributed by atoms with Gasteiger partial charge in [0.25, 0.3) is 5.91 Å². The van der Waals surface area contributed by atoms with E-state index in [0.29, 0.717) is 31.8 Å². The van der Waals surface area contributed by atoms with Crippen LogP contribution in [0.3, 0.4) is 0 Å². The Bertz CT molecular complexity index is 791. The average molecular weight is 450 g/mol. The topological polar surface area (TPSA) is 54.8 Å². The molecule has 28 heavy (non-hydrogen) atoms. The Hall–Kier alpha value is -2.12. The molecule has 0 spiro atoms. The summed E-state index contributed by atoms with van der Waals surface area (Å²) in [6.45, 7) is 3.97. The summed E-state index contributed by atoms with van der Waals surface area (Å²) in [6.07, 6.45) is 2.73. The molecule has 0 unspecified atom stereocenters. The molecule has 1 aromatic carbocycles. The number of rotatable bonds is 10. The lowest BCUT2D eigenvalue weighted by Gasteiger charge is -2.28. The zero-order chi connectivity index (χ0) is 20.5. The molecule has 6 nitrogen and oxygen atoms in total. The number of aromatic nitrogens is 1. The van der Waals surface area contributed by atoms with E-state index >= 15 is 0 Å². The molecule has 2 aromatic rings. The molecule has 7 heteroatoms. The number of hydrogen-bond donors (Lipinski definition) is 0. The number of hydrogen-bond acceptors (Lipinski definition) is 3. The Balaban J connectivity index is 2.15. The van der Waals surface area contributed by atoms with E-state index in [1.807, 2.05) is 55.1 Å². The van der Waals surface area contributed by atoms with Gasteiger partial charge in [0.15, 0.2) is 0 Å². The predicted molar refractivity (Wildman–Crippen MR) is 113 cm³/mol. The number of benzene rings is 1. The predicted octanol–water partition coefficient (Wildman–Crippen LogP) is 3.32. The van der Waals surface area contributed by atoms with E-state index in [4.69, 9.17) is 4.74 Å². The van der Waals surface area contributed by atoms with Crippen LogP contribution in [0.5, 0.6) is 0 Å². The largest absolute Gasteiger partial charge is 0.383 e. The first-order chi connectivity index (χ1) is 13.5. The average Bonchev–Trinajstić information content (AvgIpc) is 3.09. The molecule has 0 radical (unpaired) electrons. The summed E-state index contributed by atoms with van der Waals surface area (Å²) in [5.74, 6) is -0.236. The van der Waals surface area contributed by atoms with E-state index in [1.165, 1.54) is 0 Å². The number of carbonyl (C=O) groups is 2. The van der Waals surface area contributed by atoms with E-state index in [9.17, 15) is 9.59 Å². The number of aryl methyl sites for hydroxylation is 1. The highest BCUT2D eigenvalue weighted by Gasteiger charge is 2.23. The summed E-state index contributed by atoms with van der Waals surface area (Å²) >= 11 is 3.43. The molecule has 0 atom stereocenters. The van der Waals surface area contributed by atoms with Crippen molar-refractivity contribution in [1.29, 1.82) is 0 Å². The van der Waals surface area contributed by atoms with E-state index in [-0.39, 0.29) is 18.4 Å². The fourth-order valence-corrected chi connectivity index (χ4v) is 3.39. The van der Waals surface area contributed by atoms with Crippen molar-refractivity contribution >= 4 is 27.7 Å². The lowest BCUT2D eigenvalue weighted by atomic mass is 10.2. The van der Waals surface area contributed by atoms with Gasteiger partial charge in [0.05, 0.1) is 18.7 Å². The minimum absolute atomic E-state index is 0.0438. The van der Waals surface area contributed by atoms with Gasteiger partial charge in [-0.1, -0.05) is 19.1 Å². The summed E-state index contributed by atoms with van der Waals surface area (Å²) in [5.41, 5.74) is 1.60. The van der Waals surface area contributed by atoms with Crippen molar-refractivity contribution in [3.05, 3.63) is 58.3 Å². The maximum Gasteiger partial charge on any atom is 0.255 e. The van der Waals surface area contributed by atoms with Gasteiger partial charge in [-0.25, -0.2) is 0 Å². The number of amides is 2. The third kappa shape index (κ3) is 5.94. The van der Waals surface area contributed by atoms with Crippen LogP contribution in [-0.2, 0) is 23.1 Å². The van der Waals surface area contributed by atoms with Crippen LogP contribution in [0.25, 0.3) is 0 Å². The molecule has 152 valence electrons. The number of halogens is 1. The summed E-state index contributed by atoms with van der Waals surface area (Å²) in [5, 5.41) is 0. The summed E-state index contributed by atoms with van der Waals surface area (Å²) in [7, 11) is 3.57. The molecule has 0 saturated heterocycles. The zero-order valence-electron chi connectivity index (χ0n) is 16.7. The van der Waals surface area contributed by atoms with E-state index in [0.717, 1.165) is 16.6 Å². The van der Waals surface area contributed by atoms with Gasteiger partial charge in [0.2, 0.25) is 5.91 Å². The first-order valence-corrected chi connectivity index (χ1v) is 10.2. The van der Waals surface area contributed by atoms with Gasteiger partial charge in [0, 0.05) is 43.6 Å². The lowest BCUT2D eigenvalue weighted by molar-refractivity contribution is -0.133. The molecule has 0 aliphatic carbocycles. The number of carbonyl (C=O) groups excluding carboxylic acids is 2. The quantitative estimate of drug-likeness (QED) is 0.558. The van der Waals surface area contributed by atoms with Crippen molar-refractivity contribution in [2.24, 2.45) is 7.05 Å². The Labute approximate surface area is 175 Å². The minimum Gasteiger partial charge on any atom is -0.383 e. The minimum atomic E-state index is -0.145. The molecular weight excluding hydrogens is 422 g/mol. The molecule has 0 fully saturated rings. The van der Waals surface area contributed by atoms with E-state index in [2.05, 4.69) is 15.9 Å². The molecule has 0 N–H and O–H groups in total. The summed E-state index contributed by atoms with van der Waals surface area (Å²) in [4.78, 5) is 29.4. The molecule has 0 saturated carbocycles. The van der Waals surface area contributed by atoms with Crippen LogP contribution in [0.15, 0.2) is 47.1 Å². The van der Waals surface area contributed by atoms with Gasteiger partial charge in [-0.15, -0.1) is 0 Å². The van der Waals surface area contributed by atoms with Gasteiger partial charge in [-0.3, -0.25) is 9.59 Å². The van der Waals surface area contributed by atoms with Crippen molar-refractivity contribution in [3.63, 3.8) is 0 Å². The maximum atomic E-state index is 13.0. The number of nitrogens with zero attached hydrogens (tertiary/aromatic N) is 3. The first-order valence-electron chi connectivity index (χ1n) is 9.38. The standard InChI is InChI=1S/C21H28BrN3O3/c1-4-11-25(21(27)18-9-5-6-10-19(18)22)16-20(26)24(13-14-28-3)15-17-8-7-12-23(17)2/h5-10,12H,4,11,13-16H2,1-3H3. The Kier molecular flexibility index (Phi) is 8.73. The fraction of sp³-hybridized carbons (Fsp3) is 0.429. The smallest absolute Gasteiger partial charge is 0.255 e. The molecule has 2 amide bonds. The molecular formula is C21H28BrN3O3. The molecule has 1 aromatic heterocycles. The third-order valence-electron chi connectivity index (χ3n) is 4.53. The van der Waals surface area contributed by atoms with Crippen LogP contribution in [0, 0.1) is 0 Å². The van der Waals surface area contributed by atoms with Crippen molar-refractivity contribution in [2.45, 2.75) is 19.9 Å². The highest BCUT2D eigenvalue weighted by molar-refractivity contribution is 9.10. The van der Waals surface area contributed by atoms with Gasteiger partial charge >= 0.3 is 0 Å². The molecule has 1 heterocycles. The molecule has 0 aliphatic rings. The first kappa shape index (κ1) is 22.2. The van der Waals surface area contributed by atoms with Gasteiger partial charge in [0.1, 0.15) is 6.54 Å². The maximum absolute atomic E-state index is 13.0. The second kappa shape index (κ2) is 11.0. The zero-order valence-corrected chi connectivity index (χ0v) is 18.3. The summed E-state index contributed by atoms with van der Waals surface area (Å²) in [6, 6.07) is 11.2. The van der Waals surface area contributed by atoms with Gasteiger partial charge in [-0.05, 0) is 46.6 Å². The van der Waals surface area contributed by atoms with E-state index < -0.39 is 0 Å². The molecule has 0 aliphatic heterocycles. The summed E-state index contributed by atoms with van der Waals surface area (Å²) < 4.78 is 7.89. The monoisotopic (exact) mass is 449 g/mol. The van der Waals surface area contributed by atoms with Crippen LogP contribution in [0.4, 0.5) is 0 Å². The van der Waals surface area contributed by atoms with Gasteiger partial charge < -0.3 is 19.1 Å². The Morgan fingerprint density at radius 1 is 1.11 bits per heavy atom. The lowest BCUT2D eigenvalue weighted by Crippen LogP contribution is -2.44. The fourth-order valence-electron chi connectivity index (χ4n) is 2.94. The van der Waals surface area contributed by atoms with E-state index in [1.54, 1.807) is 23.0 Å². The van der Waals surface area contributed by atoms with Crippen molar-refractivity contribution in [2.75, 3.05) is 33.4 Å². The van der Waals surface area contributed by atoms with Crippen LogP contribution in [0.1, 0.15) is 29.4 Å². The number of ether oxygens (including phenoxy) is 1. The molecule has 2 rings (SSSR count). The van der Waals surface area contributed by atoms with Gasteiger partial charge in [-0.2, -0.15) is 0 Å². The van der Waals surface area contributed by atoms with Crippen LogP contribution < -0.4 is 0 Å². The van der Waals surface area contributed by atoms with Crippen LogP contribution >= 0.6 is 15.9 Å².